The van der Waals surface area contributed by atoms with E-state index in [1.54, 1.807) is 0 Å². The molecule has 0 saturated heterocycles. The van der Waals surface area contributed by atoms with E-state index < -0.39 is 6.10 Å². The summed E-state index contributed by atoms with van der Waals surface area (Å²) in [5.74, 6) is 1.02. The summed E-state index contributed by atoms with van der Waals surface area (Å²) in [6.07, 6.45) is 4.23. The molecule has 0 aliphatic heterocycles. The Labute approximate surface area is 142 Å². The molecule has 130 valence electrons. The Morgan fingerprint density at radius 3 is 2.22 bits per heavy atom. The largest absolute Gasteiger partial charge is 0.390 e. The van der Waals surface area contributed by atoms with Crippen molar-refractivity contribution in [2.24, 2.45) is 17.6 Å². The number of aliphatic hydroxyl groups excluding tert-OH is 1. The van der Waals surface area contributed by atoms with Gasteiger partial charge in [-0.25, -0.2) is 0 Å². The van der Waals surface area contributed by atoms with Gasteiger partial charge in [-0.1, -0.05) is 44.2 Å². The van der Waals surface area contributed by atoms with Gasteiger partial charge in [0.15, 0.2) is 0 Å². The van der Waals surface area contributed by atoms with Crippen LogP contribution in [-0.2, 0) is 12.8 Å². The topological polar surface area (TPSA) is 49.5 Å². The average molecular weight is 319 g/mol. The molecular formula is C20H34N2O. The standard InChI is InChI=1S/C20H34N2O/c1-6-7-16-8-10-17(11-9-16)12-18(15(2)3)13-19(21)20(23)14-22(4)5/h6,8-11,15,18-20,23H,1,7,12-14,21H2,2-5H3. The van der Waals surface area contributed by atoms with Crippen LogP contribution in [0.4, 0.5) is 0 Å². The van der Waals surface area contributed by atoms with Crippen molar-refractivity contribution in [2.45, 2.75) is 45.3 Å². The van der Waals surface area contributed by atoms with Crippen LogP contribution in [0.25, 0.3) is 0 Å². The highest BCUT2D eigenvalue weighted by atomic mass is 16.3. The first-order chi connectivity index (χ1) is 10.8. The van der Waals surface area contributed by atoms with Crippen molar-refractivity contribution in [3.8, 4) is 0 Å². The van der Waals surface area contributed by atoms with Crippen molar-refractivity contribution >= 4 is 0 Å². The van der Waals surface area contributed by atoms with Crippen LogP contribution in [0.3, 0.4) is 0 Å². The molecule has 0 fully saturated rings. The van der Waals surface area contributed by atoms with E-state index in [9.17, 15) is 5.11 Å². The third-order valence-corrected chi connectivity index (χ3v) is 4.47. The molecule has 0 spiro atoms. The number of hydrogen-bond donors (Lipinski definition) is 2. The van der Waals surface area contributed by atoms with Gasteiger partial charge in [-0.3, -0.25) is 0 Å². The Kier molecular flexibility index (Phi) is 8.53. The predicted octanol–water partition coefficient (Wildman–Crippen LogP) is 2.87. The zero-order valence-corrected chi connectivity index (χ0v) is 15.2. The maximum absolute atomic E-state index is 10.2. The number of aliphatic hydroxyl groups is 1. The van der Waals surface area contributed by atoms with Gasteiger partial charge in [0, 0.05) is 12.6 Å². The number of benzene rings is 1. The van der Waals surface area contributed by atoms with Crippen molar-refractivity contribution in [1.29, 1.82) is 0 Å². The van der Waals surface area contributed by atoms with E-state index in [1.807, 2.05) is 25.1 Å². The summed E-state index contributed by atoms with van der Waals surface area (Å²) in [4.78, 5) is 1.98. The highest BCUT2D eigenvalue weighted by Crippen LogP contribution is 2.23. The summed E-state index contributed by atoms with van der Waals surface area (Å²) < 4.78 is 0. The second-order valence-corrected chi connectivity index (χ2v) is 7.25. The van der Waals surface area contributed by atoms with Gasteiger partial charge in [0.2, 0.25) is 0 Å². The lowest BCUT2D eigenvalue weighted by molar-refractivity contribution is 0.0974. The van der Waals surface area contributed by atoms with Gasteiger partial charge >= 0.3 is 0 Å². The monoisotopic (exact) mass is 318 g/mol. The molecule has 1 aromatic carbocycles. The molecule has 1 aromatic rings. The lowest BCUT2D eigenvalue weighted by Gasteiger charge is -2.28. The number of nitrogens with zero attached hydrogens (tertiary/aromatic N) is 1. The predicted molar refractivity (Wildman–Crippen MR) is 99.5 cm³/mol. The minimum atomic E-state index is -0.471. The van der Waals surface area contributed by atoms with E-state index >= 15 is 0 Å². The van der Waals surface area contributed by atoms with Crippen LogP contribution in [0.15, 0.2) is 36.9 Å². The Bertz CT molecular complexity index is 453. The van der Waals surface area contributed by atoms with Crippen molar-refractivity contribution in [3.05, 3.63) is 48.0 Å². The van der Waals surface area contributed by atoms with Crippen molar-refractivity contribution in [3.63, 3.8) is 0 Å². The Morgan fingerprint density at radius 1 is 1.17 bits per heavy atom. The van der Waals surface area contributed by atoms with Gasteiger partial charge in [0.1, 0.15) is 0 Å². The molecule has 0 radical (unpaired) electrons. The molecule has 0 saturated carbocycles. The normalized spacial score (nSPS) is 15.7. The van der Waals surface area contributed by atoms with E-state index in [4.69, 9.17) is 5.73 Å². The zero-order chi connectivity index (χ0) is 17.4. The Balaban J connectivity index is 2.65. The summed E-state index contributed by atoms with van der Waals surface area (Å²) in [5, 5.41) is 10.2. The first-order valence-corrected chi connectivity index (χ1v) is 8.60. The number of rotatable bonds is 10. The lowest BCUT2D eigenvalue weighted by atomic mass is 9.83. The maximum Gasteiger partial charge on any atom is 0.0817 e. The highest BCUT2D eigenvalue weighted by Gasteiger charge is 2.22. The molecule has 0 aromatic heterocycles. The summed E-state index contributed by atoms with van der Waals surface area (Å²) in [7, 11) is 3.92. The van der Waals surface area contributed by atoms with Gasteiger partial charge in [-0.15, -0.1) is 6.58 Å². The number of likely N-dealkylation sites (N-methyl/N-ethyl adjacent to an activating group) is 1. The molecule has 0 aliphatic carbocycles. The first-order valence-electron chi connectivity index (χ1n) is 8.60. The van der Waals surface area contributed by atoms with Crippen LogP contribution < -0.4 is 5.73 Å². The Morgan fingerprint density at radius 2 is 1.74 bits per heavy atom. The van der Waals surface area contributed by atoms with Crippen LogP contribution in [-0.4, -0.2) is 42.8 Å². The molecule has 0 aliphatic rings. The number of hydrogen-bond acceptors (Lipinski definition) is 3. The minimum absolute atomic E-state index is 0.176. The van der Waals surface area contributed by atoms with E-state index in [-0.39, 0.29) is 6.04 Å². The summed E-state index contributed by atoms with van der Waals surface area (Å²) >= 11 is 0. The fourth-order valence-electron chi connectivity index (χ4n) is 2.89. The van der Waals surface area contributed by atoms with Gasteiger partial charge < -0.3 is 15.7 Å². The second kappa shape index (κ2) is 9.86. The van der Waals surface area contributed by atoms with Crippen LogP contribution in [0.1, 0.15) is 31.4 Å². The molecule has 3 atom stereocenters. The SMILES string of the molecule is C=CCc1ccc(CC(CC(N)C(O)CN(C)C)C(C)C)cc1. The van der Waals surface area contributed by atoms with Crippen molar-refractivity contribution in [1.82, 2.24) is 4.90 Å². The molecule has 3 nitrogen and oxygen atoms in total. The molecule has 3 unspecified atom stereocenters. The van der Waals surface area contributed by atoms with E-state index in [0.717, 1.165) is 19.3 Å². The maximum atomic E-state index is 10.2. The molecule has 3 N–H and O–H groups in total. The summed E-state index contributed by atoms with van der Waals surface area (Å²) in [6, 6.07) is 8.58. The summed E-state index contributed by atoms with van der Waals surface area (Å²) in [6.45, 7) is 8.87. The third kappa shape index (κ3) is 7.30. The van der Waals surface area contributed by atoms with Crippen LogP contribution in [0, 0.1) is 11.8 Å². The van der Waals surface area contributed by atoms with Gasteiger partial charge in [0.25, 0.3) is 0 Å². The van der Waals surface area contributed by atoms with E-state index in [2.05, 4.69) is 44.7 Å². The van der Waals surface area contributed by atoms with Gasteiger partial charge in [0.05, 0.1) is 6.10 Å². The molecule has 1 rings (SSSR count). The lowest BCUT2D eigenvalue weighted by Crippen LogP contribution is -2.43. The van der Waals surface area contributed by atoms with Crippen molar-refractivity contribution < 1.29 is 5.11 Å². The number of nitrogens with two attached hydrogens (primary N) is 1. The van der Waals surface area contributed by atoms with E-state index in [0.29, 0.717) is 18.4 Å². The molecule has 23 heavy (non-hydrogen) atoms. The quantitative estimate of drug-likeness (QED) is 0.652. The summed E-state index contributed by atoms with van der Waals surface area (Å²) in [5.41, 5.74) is 8.87. The smallest absolute Gasteiger partial charge is 0.0817 e. The van der Waals surface area contributed by atoms with Crippen LogP contribution >= 0.6 is 0 Å². The average Bonchev–Trinajstić information content (AvgIpc) is 2.47. The molecule has 3 heteroatoms. The van der Waals surface area contributed by atoms with Crippen molar-refractivity contribution in [2.75, 3.05) is 20.6 Å². The number of allylic oxidation sites excluding steroid dienone is 1. The molecule has 0 amide bonds. The van der Waals surface area contributed by atoms with Gasteiger partial charge in [-0.2, -0.15) is 0 Å². The Hall–Kier alpha value is -1.16. The van der Waals surface area contributed by atoms with Crippen LogP contribution in [0.2, 0.25) is 0 Å². The minimum Gasteiger partial charge on any atom is -0.390 e. The third-order valence-electron chi connectivity index (χ3n) is 4.47. The first kappa shape index (κ1) is 19.9. The van der Waals surface area contributed by atoms with E-state index in [1.165, 1.54) is 11.1 Å². The fraction of sp³-hybridized carbons (Fsp3) is 0.600. The van der Waals surface area contributed by atoms with Crippen LogP contribution in [0.5, 0.6) is 0 Å². The second-order valence-electron chi connectivity index (χ2n) is 7.25. The van der Waals surface area contributed by atoms with Gasteiger partial charge in [-0.05, 0) is 56.3 Å². The molecule has 0 bridgehead atoms. The molecular weight excluding hydrogens is 284 g/mol. The fourth-order valence-corrected chi connectivity index (χ4v) is 2.89. The highest BCUT2D eigenvalue weighted by molar-refractivity contribution is 5.24. The zero-order valence-electron chi connectivity index (χ0n) is 15.2. The molecule has 0 heterocycles.